The Balaban J connectivity index is 1.33. The Hall–Kier alpha value is -2.98. The maximum atomic E-state index is 12.4. The summed E-state index contributed by atoms with van der Waals surface area (Å²) >= 11 is 2.84. The van der Waals surface area contributed by atoms with Gasteiger partial charge in [-0.3, -0.25) is 9.69 Å². The highest BCUT2D eigenvalue weighted by atomic mass is 32.2. The summed E-state index contributed by atoms with van der Waals surface area (Å²) in [6.07, 6.45) is 0.152. The third-order valence-corrected chi connectivity index (χ3v) is 6.06. The summed E-state index contributed by atoms with van der Waals surface area (Å²) in [6.45, 7) is 5.10. The maximum absolute atomic E-state index is 12.4. The molecule has 3 heterocycles. The van der Waals surface area contributed by atoms with Crippen LogP contribution in [0.3, 0.4) is 0 Å². The van der Waals surface area contributed by atoms with E-state index in [1.54, 1.807) is 4.90 Å². The number of hydrogen-bond donors (Lipinski definition) is 2. The number of nitrogens with zero attached hydrogens (tertiary/aromatic N) is 4. The smallest absolute Gasteiger partial charge is 0.323 e. The van der Waals surface area contributed by atoms with Gasteiger partial charge in [0.1, 0.15) is 0 Å². The van der Waals surface area contributed by atoms with Crippen LogP contribution in [0.15, 0.2) is 45.8 Å². The first-order valence-electron chi connectivity index (χ1n) is 9.36. The number of carbonyl (C=O) groups is 2. The number of benzene rings is 1. The molecule has 0 atom stereocenters. The van der Waals surface area contributed by atoms with Crippen molar-refractivity contribution < 1.29 is 9.59 Å². The van der Waals surface area contributed by atoms with Crippen molar-refractivity contribution in [3.05, 3.63) is 52.8 Å². The number of anilines is 2. The minimum Gasteiger partial charge on any atom is -0.336 e. The standard InChI is InChI=1S/C20H20N6O2S2/c1-12-9-13(2)23-18(22-12)30-16-5-3-14(4-6-16)24-17(27)10-15-11-29-20(25-15)26-8-7-21-19(26)28/h3-6,9,11H,7-8,10H2,1-2H3,(H,21,28)(H,24,27). The van der Waals surface area contributed by atoms with Gasteiger partial charge in [-0.25, -0.2) is 19.7 Å². The molecular formula is C20H20N6O2S2. The van der Waals surface area contributed by atoms with Gasteiger partial charge in [0.15, 0.2) is 10.3 Å². The van der Waals surface area contributed by atoms with Crippen molar-refractivity contribution in [1.82, 2.24) is 20.3 Å². The van der Waals surface area contributed by atoms with E-state index in [0.717, 1.165) is 16.3 Å². The summed E-state index contributed by atoms with van der Waals surface area (Å²) in [5.74, 6) is -0.157. The van der Waals surface area contributed by atoms with Gasteiger partial charge >= 0.3 is 6.03 Å². The summed E-state index contributed by atoms with van der Waals surface area (Å²) in [7, 11) is 0. The zero-order valence-electron chi connectivity index (χ0n) is 16.5. The summed E-state index contributed by atoms with van der Waals surface area (Å²) in [5, 5.41) is 8.75. The Labute approximate surface area is 182 Å². The monoisotopic (exact) mass is 440 g/mol. The van der Waals surface area contributed by atoms with Crippen molar-refractivity contribution in [1.29, 1.82) is 0 Å². The van der Waals surface area contributed by atoms with Crippen LogP contribution in [0, 0.1) is 13.8 Å². The minimum absolute atomic E-state index is 0.149. The molecule has 1 saturated heterocycles. The van der Waals surface area contributed by atoms with E-state index < -0.39 is 0 Å². The highest BCUT2D eigenvalue weighted by Gasteiger charge is 2.24. The number of rotatable bonds is 6. The van der Waals surface area contributed by atoms with Crippen molar-refractivity contribution in [3.63, 3.8) is 0 Å². The van der Waals surface area contributed by atoms with E-state index >= 15 is 0 Å². The third-order valence-electron chi connectivity index (χ3n) is 4.28. The van der Waals surface area contributed by atoms with Gasteiger partial charge in [0.25, 0.3) is 0 Å². The van der Waals surface area contributed by atoms with Crippen molar-refractivity contribution in [2.24, 2.45) is 0 Å². The molecule has 30 heavy (non-hydrogen) atoms. The molecule has 8 nitrogen and oxygen atoms in total. The predicted octanol–water partition coefficient (Wildman–Crippen LogP) is 3.41. The number of thiazole rings is 1. The molecule has 0 unspecified atom stereocenters. The Kier molecular flexibility index (Phi) is 5.96. The fourth-order valence-corrected chi connectivity index (χ4v) is 4.69. The van der Waals surface area contributed by atoms with Crippen LogP contribution in [-0.2, 0) is 11.2 Å². The lowest BCUT2D eigenvalue weighted by Crippen LogP contribution is -2.27. The van der Waals surface area contributed by atoms with Crippen LogP contribution < -0.4 is 15.5 Å². The first-order chi connectivity index (χ1) is 14.5. The number of urea groups is 1. The summed E-state index contributed by atoms with van der Waals surface area (Å²) in [5.41, 5.74) is 3.22. The van der Waals surface area contributed by atoms with Crippen LogP contribution in [0.1, 0.15) is 17.1 Å². The molecule has 0 radical (unpaired) electrons. The minimum atomic E-state index is -0.157. The van der Waals surface area contributed by atoms with Crippen LogP contribution >= 0.6 is 23.1 Å². The van der Waals surface area contributed by atoms with E-state index in [-0.39, 0.29) is 18.4 Å². The number of amides is 3. The Morgan fingerprint density at radius 1 is 1.20 bits per heavy atom. The SMILES string of the molecule is Cc1cc(C)nc(Sc2ccc(NC(=O)Cc3csc(N4CCNC4=O)n3)cc2)n1. The van der Waals surface area contributed by atoms with Crippen LogP contribution in [0.4, 0.5) is 15.6 Å². The number of aromatic nitrogens is 3. The molecule has 2 N–H and O–H groups in total. The maximum Gasteiger partial charge on any atom is 0.323 e. The number of hydrogen-bond acceptors (Lipinski definition) is 7. The molecule has 2 aromatic heterocycles. The Bertz CT molecular complexity index is 1060. The molecule has 154 valence electrons. The molecule has 1 aliphatic rings. The van der Waals surface area contributed by atoms with Gasteiger partial charge in [0, 0.05) is 40.4 Å². The predicted molar refractivity (Wildman–Crippen MR) is 117 cm³/mol. The van der Waals surface area contributed by atoms with Crippen LogP contribution in [0.5, 0.6) is 0 Å². The summed E-state index contributed by atoms with van der Waals surface area (Å²) in [6, 6.07) is 9.34. The van der Waals surface area contributed by atoms with Crippen LogP contribution in [0.25, 0.3) is 0 Å². The number of nitrogens with one attached hydrogen (secondary N) is 2. The van der Waals surface area contributed by atoms with E-state index in [2.05, 4.69) is 25.6 Å². The van der Waals surface area contributed by atoms with Gasteiger partial charge in [0.05, 0.1) is 12.1 Å². The van der Waals surface area contributed by atoms with Gasteiger partial charge in [-0.15, -0.1) is 11.3 Å². The van der Waals surface area contributed by atoms with Crippen LogP contribution in [0.2, 0.25) is 0 Å². The lowest BCUT2D eigenvalue weighted by Gasteiger charge is -2.08. The van der Waals surface area contributed by atoms with Crippen LogP contribution in [-0.4, -0.2) is 40.0 Å². The second kappa shape index (κ2) is 8.80. The van der Waals surface area contributed by atoms with Gasteiger partial charge in [-0.2, -0.15) is 0 Å². The highest BCUT2D eigenvalue weighted by molar-refractivity contribution is 7.99. The van der Waals surface area contributed by atoms with Crippen molar-refractivity contribution in [2.45, 2.75) is 30.3 Å². The van der Waals surface area contributed by atoms with Crippen molar-refractivity contribution >= 4 is 45.9 Å². The molecule has 3 aromatic rings. The molecule has 3 amide bonds. The normalized spacial score (nSPS) is 13.4. The molecule has 4 rings (SSSR count). The summed E-state index contributed by atoms with van der Waals surface area (Å²) in [4.78, 5) is 39.9. The average molecular weight is 441 g/mol. The lowest BCUT2D eigenvalue weighted by molar-refractivity contribution is -0.115. The van der Waals surface area contributed by atoms with Gasteiger partial charge < -0.3 is 10.6 Å². The van der Waals surface area contributed by atoms with Gasteiger partial charge in [0.2, 0.25) is 5.91 Å². The largest absolute Gasteiger partial charge is 0.336 e. The van der Waals surface area contributed by atoms with Gasteiger partial charge in [-0.1, -0.05) is 0 Å². The van der Waals surface area contributed by atoms with E-state index in [1.807, 2.05) is 49.6 Å². The fourth-order valence-electron chi connectivity index (χ4n) is 2.98. The first-order valence-corrected chi connectivity index (χ1v) is 11.1. The average Bonchev–Trinajstić information content (AvgIpc) is 3.31. The van der Waals surface area contributed by atoms with Crippen molar-refractivity contribution in [3.8, 4) is 0 Å². The lowest BCUT2D eigenvalue weighted by atomic mass is 10.3. The van der Waals surface area contributed by atoms with E-state index in [1.165, 1.54) is 23.1 Å². The third kappa shape index (κ3) is 4.95. The number of carbonyl (C=O) groups excluding carboxylic acids is 2. The second-order valence-electron chi connectivity index (χ2n) is 6.79. The van der Waals surface area contributed by atoms with Crippen molar-refractivity contribution in [2.75, 3.05) is 23.3 Å². The number of aryl methyl sites for hydroxylation is 2. The molecular weight excluding hydrogens is 420 g/mol. The summed E-state index contributed by atoms with van der Waals surface area (Å²) < 4.78 is 0. The van der Waals surface area contributed by atoms with E-state index in [4.69, 9.17) is 0 Å². The highest BCUT2D eigenvalue weighted by Crippen LogP contribution is 2.26. The molecule has 10 heteroatoms. The zero-order chi connectivity index (χ0) is 21.1. The molecule has 1 aromatic carbocycles. The fraction of sp³-hybridized carbons (Fsp3) is 0.250. The Morgan fingerprint density at radius 2 is 1.93 bits per heavy atom. The first kappa shape index (κ1) is 20.3. The molecule has 1 aliphatic heterocycles. The molecule has 0 spiro atoms. The quantitative estimate of drug-likeness (QED) is 0.570. The molecule has 1 fully saturated rings. The Morgan fingerprint density at radius 3 is 2.60 bits per heavy atom. The van der Waals surface area contributed by atoms with E-state index in [9.17, 15) is 9.59 Å². The molecule has 0 bridgehead atoms. The molecule has 0 aliphatic carbocycles. The van der Waals surface area contributed by atoms with Gasteiger partial charge in [-0.05, 0) is 55.9 Å². The second-order valence-corrected chi connectivity index (χ2v) is 8.67. The van der Waals surface area contributed by atoms with E-state index in [0.29, 0.717) is 34.8 Å². The molecule has 0 saturated carbocycles. The zero-order valence-corrected chi connectivity index (χ0v) is 18.1. The topological polar surface area (TPSA) is 100 Å².